The Bertz CT molecular complexity index is 1080. The lowest BCUT2D eigenvalue weighted by atomic mass is 10.1. The van der Waals surface area contributed by atoms with Gasteiger partial charge in [0.15, 0.2) is 0 Å². The van der Waals surface area contributed by atoms with Crippen molar-refractivity contribution in [3.8, 4) is 0 Å². The molecule has 1 aliphatic heterocycles. The fraction of sp³-hybridized carbons (Fsp3) is 0.211. The lowest BCUT2D eigenvalue weighted by Gasteiger charge is -2.15. The van der Waals surface area contributed by atoms with Gasteiger partial charge in [-0.1, -0.05) is 23.7 Å². The first-order valence-corrected chi connectivity index (χ1v) is 10.3. The van der Waals surface area contributed by atoms with Gasteiger partial charge in [-0.2, -0.15) is 0 Å². The molecule has 0 aliphatic carbocycles. The van der Waals surface area contributed by atoms with E-state index in [9.17, 15) is 22.8 Å². The van der Waals surface area contributed by atoms with Crippen LogP contribution in [0.5, 0.6) is 0 Å². The van der Waals surface area contributed by atoms with E-state index in [0.29, 0.717) is 11.1 Å². The average molecular weight is 437 g/mol. The van der Waals surface area contributed by atoms with E-state index < -0.39 is 27.8 Å². The van der Waals surface area contributed by atoms with Gasteiger partial charge in [-0.05, 0) is 30.3 Å². The van der Waals surface area contributed by atoms with E-state index in [1.54, 1.807) is 24.3 Å². The van der Waals surface area contributed by atoms with E-state index in [-0.39, 0.29) is 28.6 Å². The molecule has 1 aliphatic rings. The molecule has 1 heterocycles. The molecule has 3 rings (SSSR count). The molecule has 8 nitrogen and oxygen atoms in total. The molecule has 0 saturated carbocycles. The molecular formula is C19H17ClN2O6S. The summed E-state index contributed by atoms with van der Waals surface area (Å²) in [5.74, 6) is -1.78. The Morgan fingerprint density at radius 2 is 1.66 bits per heavy atom. The number of imide groups is 1. The third kappa shape index (κ3) is 3.89. The number of rotatable bonds is 6. The van der Waals surface area contributed by atoms with E-state index in [0.717, 1.165) is 15.3 Å². The van der Waals surface area contributed by atoms with Gasteiger partial charge >= 0.3 is 5.97 Å². The normalized spacial score (nSPS) is 13.7. The summed E-state index contributed by atoms with van der Waals surface area (Å²) in [7, 11) is -1.03. The highest BCUT2D eigenvalue weighted by Crippen LogP contribution is 2.24. The van der Waals surface area contributed by atoms with E-state index in [1.165, 1.54) is 26.2 Å². The van der Waals surface area contributed by atoms with E-state index in [4.69, 9.17) is 16.3 Å². The van der Waals surface area contributed by atoms with Crippen LogP contribution in [-0.2, 0) is 14.8 Å². The summed E-state index contributed by atoms with van der Waals surface area (Å²) >= 11 is 6.01. The van der Waals surface area contributed by atoms with Crippen LogP contribution in [0.2, 0.25) is 5.02 Å². The molecule has 152 valence electrons. The zero-order valence-electron chi connectivity index (χ0n) is 15.6. The lowest BCUT2D eigenvalue weighted by molar-refractivity contribution is 0.0420. The molecule has 2 aromatic carbocycles. The number of carbonyl (C=O) groups excluding carboxylic acids is 3. The van der Waals surface area contributed by atoms with Gasteiger partial charge in [-0.3, -0.25) is 14.5 Å². The number of benzene rings is 2. The SMILES string of the molecule is CN(C)S(=O)(=O)c1ccc(Cl)c(C(=O)OCCN2C(=O)c3ccccc3C2=O)c1. The van der Waals surface area contributed by atoms with Crippen molar-refractivity contribution in [2.45, 2.75) is 4.90 Å². The number of hydrogen-bond donors (Lipinski definition) is 0. The summed E-state index contributed by atoms with van der Waals surface area (Å²) in [6, 6.07) is 10.1. The molecule has 2 amide bonds. The Balaban J connectivity index is 1.69. The second kappa shape index (κ2) is 7.94. The molecule has 0 spiro atoms. The number of carbonyl (C=O) groups is 3. The molecule has 0 radical (unpaired) electrons. The number of fused-ring (bicyclic) bond motifs is 1. The van der Waals surface area contributed by atoms with Crippen molar-refractivity contribution in [1.29, 1.82) is 0 Å². The number of amides is 2. The van der Waals surface area contributed by atoms with Crippen LogP contribution in [-0.4, -0.2) is 62.7 Å². The van der Waals surface area contributed by atoms with Crippen LogP contribution in [0.25, 0.3) is 0 Å². The number of ether oxygens (including phenoxy) is 1. The van der Waals surface area contributed by atoms with E-state index in [2.05, 4.69) is 0 Å². The van der Waals surface area contributed by atoms with Gasteiger partial charge in [0.05, 0.1) is 33.2 Å². The highest BCUT2D eigenvalue weighted by atomic mass is 35.5. The third-order valence-electron chi connectivity index (χ3n) is 4.36. The van der Waals surface area contributed by atoms with Crippen molar-refractivity contribution in [2.75, 3.05) is 27.2 Å². The summed E-state index contributed by atoms with van der Waals surface area (Å²) in [6.45, 7) is -0.392. The largest absolute Gasteiger partial charge is 0.460 e. The molecule has 29 heavy (non-hydrogen) atoms. The number of sulfonamides is 1. The summed E-state index contributed by atoms with van der Waals surface area (Å²) < 4.78 is 30.6. The first kappa shape index (κ1) is 21.0. The minimum atomic E-state index is -3.76. The van der Waals surface area contributed by atoms with Gasteiger partial charge in [0.1, 0.15) is 6.61 Å². The second-order valence-corrected chi connectivity index (χ2v) is 8.93. The first-order valence-electron chi connectivity index (χ1n) is 8.49. The van der Waals surface area contributed by atoms with Crippen LogP contribution >= 0.6 is 11.6 Å². The molecule has 2 aromatic rings. The Morgan fingerprint density at radius 1 is 1.07 bits per heavy atom. The maximum absolute atomic E-state index is 12.4. The van der Waals surface area contributed by atoms with Crippen LogP contribution in [0.3, 0.4) is 0 Å². The van der Waals surface area contributed by atoms with Crippen LogP contribution < -0.4 is 0 Å². The number of hydrogen-bond acceptors (Lipinski definition) is 6. The molecule has 0 unspecified atom stereocenters. The van der Waals surface area contributed by atoms with Gasteiger partial charge in [0.2, 0.25) is 10.0 Å². The zero-order valence-corrected chi connectivity index (χ0v) is 17.2. The van der Waals surface area contributed by atoms with Crippen LogP contribution in [0.4, 0.5) is 0 Å². The van der Waals surface area contributed by atoms with Crippen molar-refractivity contribution in [2.24, 2.45) is 0 Å². The van der Waals surface area contributed by atoms with Crippen molar-refractivity contribution >= 4 is 39.4 Å². The number of esters is 1. The second-order valence-electron chi connectivity index (χ2n) is 6.37. The average Bonchev–Trinajstić information content (AvgIpc) is 2.93. The predicted octanol–water partition coefficient (Wildman–Crippen LogP) is 2.04. The fourth-order valence-electron chi connectivity index (χ4n) is 2.78. The van der Waals surface area contributed by atoms with Gasteiger partial charge in [-0.25, -0.2) is 17.5 Å². The number of nitrogens with zero attached hydrogens (tertiary/aromatic N) is 2. The van der Waals surface area contributed by atoms with E-state index >= 15 is 0 Å². The van der Waals surface area contributed by atoms with Gasteiger partial charge in [-0.15, -0.1) is 0 Å². The Hall–Kier alpha value is -2.75. The Morgan fingerprint density at radius 3 is 2.21 bits per heavy atom. The highest BCUT2D eigenvalue weighted by molar-refractivity contribution is 7.89. The van der Waals surface area contributed by atoms with Crippen molar-refractivity contribution in [1.82, 2.24) is 9.21 Å². The fourth-order valence-corrected chi connectivity index (χ4v) is 3.90. The standard InChI is InChI=1S/C19H17ClN2O6S/c1-21(2)29(26,27)12-7-8-16(20)15(11-12)19(25)28-10-9-22-17(23)13-5-3-4-6-14(13)18(22)24/h3-8,11H,9-10H2,1-2H3. The summed E-state index contributed by atoms with van der Waals surface area (Å²) in [5.41, 5.74) is 0.471. The summed E-state index contributed by atoms with van der Waals surface area (Å²) in [4.78, 5) is 37.8. The quantitative estimate of drug-likeness (QED) is 0.507. The zero-order chi connectivity index (χ0) is 21.3. The molecule has 10 heteroatoms. The summed E-state index contributed by atoms with van der Waals surface area (Å²) in [6.07, 6.45) is 0. The monoisotopic (exact) mass is 436 g/mol. The van der Waals surface area contributed by atoms with Crippen LogP contribution in [0.15, 0.2) is 47.4 Å². The summed E-state index contributed by atoms with van der Waals surface area (Å²) in [5, 5.41) is 0.0217. The molecular weight excluding hydrogens is 420 g/mol. The van der Waals surface area contributed by atoms with Crippen LogP contribution in [0, 0.1) is 0 Å². The van der Waals surface area contributed by atoms with Gasteiger partial charge in [0.25, 0.3) is 11.8 Å². The Kier molecular flexibility index (Phi) is 5.74. The molecule has 0 saturated heterocycles. The minimum absolute atomic E-state index is 0.0217. The van der Waals surface area contributed by atoms with Crippen molar-refractivity contribution in [3.63, 3.8) is 0 Å². The van der Waals surface area contributed by atoms with Crippen molar-refractivity contribution < 1.29 is 27.5 Å². The first-order chi connectivity index (χ1) is 13.6. The van der Waals surface area contributed by atoms with Crippen LogP contribution in [0.1, 0.15) is 31.1 Å². The smallest absolute Gasteiger partial charge is 0.339 e. The predicted molar refractivity (Wildman–Crippen MR) is 104 cm³/mol. The highest BCUT2D eigenvalue weighted by Gasteiger charge is 2.35. The van der Waals surface area contributed by atoms with E-state index in [1.807, 2.05) is 0 Å². The molecule has 0 aromatic heterocycles. The van der Waals surface area contributed by atoms with Gasteiger partial charge < -0.3 is 4.74 Å². The molecule has 0 bridgehead atoms. The molecule has 0 atom stereocenters. The molecule has 0 N–H and O–H groups in total. The topological polar surface area (TPSA) is 101 Å². The maximum Gasteiger partial charge on any atom is 0.339 e. The van der Waals surface area contributed by atoms with Gasteiger partial charge in [0, 0.05) is 14.1 Å². The maximum atomic E-state index is 12.4. The lowest BCUT2D eigenvalue weighted by Crippen LogP contribution is -2.33. The third-order valence-corrected chi connectivity index (χ3v) is 6.50. The van der Waals surface area contributed by atoms with Crippen molar-refractivity contribution in [3.05, 3.63) is 64.2 Å². The number of halogens is 1. The molecule has 0 fully saturated rings. The minimum Gasteiger partial charge on any atom is -0.460 e. The Labute approximate surface area is 172 Å².